The van der Waals surface area contributed by atoms with Gasteiger partial charge in [-0.3, -0.25) is 9.59 Å². The highest BCUT2D eigenvalue weighted by molar-refractivity contribution is 5.95. The highest BCUT2D eigenvalue weighted by Crippen LogP contribution is 2.08. The zero-order valence-corrected chi connectivity index (χ0v) is 13.3. The van der Waals surface area contributed by atoms with Crippen LogP contribution in [-0.4, -0.2) is 11.7 Å². The van der Waals surface area contributed by atoms with Gasteiger partial charge in [-0.05, 0) is 17.5 Å². The Kier molecular flexibility index (Phi) is 9.35. The van der Waals surface area contributed by atoms with Gasteiger partial charge in [0, 0.05) is 24.9 Å². The summed E-state index contributed by atoms with van der Waals surface area (Å²) in [6.07, 6.45) is 1.04. The summed E-state index contributed by atoms with van der Waals surface area (Å²) in [6, 6.07) is 7.43. The van der Waals surface area contributed by atoms with E-state index >= 15 is 0 Å². The summed E-state index contributed by atoms with van der Waals surface area (Å²) >= 11 is 0. The van der Waals surface area contributed by atoms with E-state index in [2.05, 4.69) is 5.32 Å². The second-order valence-corrected chi connectivity index (χ2v) is 4.85. The molecule has 0 aliphatic heterocycles. The van der Waals surface area contributed by atoms with E-state index in [4.69, 9.17) is 0 Å². The molecule has 0 aromatic heterocycles. The lowest BCUT2D eigenvalue weighted by Gasteiger charge is -2.08. The van der Waals surface area contributed by atoms with E-state index in [1.54, 1.807) is 0 Å². The largest absolute Gasteiger partial charge is 0.352 e. The standard InChI is InChI=1S/C15H21NO2.C2H6/c1-4-14(17)13-7-5-6-12(9-13)10-16-15(18)8-11(2)3;1-2/h5-7,9,11H,4,8,10H2,1-3H3,(H,16,18);1-2H3. The monoisotopic (exact) mass is 277 g/mol. The van der Waals surface area contributed by atoms with Gasteiger partial charge < -0.3 is 5.32 Å². The van der Waals surface area contributed by atoms with Crippen molar-refractivity contribution >= 4 is 11.7 Å². The molecule has 1 aromatic carbocycles. The first kappa shape index (κ1) is 18.4. The van der Waals surface area contributed by atoms with E-state index in [-0.39, 0.29) is 11.7 Å². The minimum Gasteiger partial charge on any atom is -0.352 e. The third kappa shape index (κ3) is 7.07. The molecule has 0 saturated carbocycles. The second kappa shape index (κ2) is 10.2. The average molecular weight is 277 g/mol. The molecule has 0 aliphatic rings. The summed E-state index contributed by atoms with van der Waals surface area (Å²) in [7, 11) is 0. The molecule has 0 atom stereocenters. The normalized spacial score (nSPS) is 9.70. The maximum absolute atomic E-state index is 11.6. The molecule has 1 aromatic rings. The Morgan fingerprint density at radius 3 is 2.40 bits per heavy atom. The van der Waals surface area contributed by atoms with E-state index < -0.39 is 0 Å². The van der Waals surface area contributed by atoms with Gasteiger partial charge in [-0.15, -0.1) is 0 Å². The van der Waals surface area contributed by atoms with Crippen LogP contribution in [0.15, 0.2) is 24.3 Å². The Morgan fingerprint density at radius 2 is 1.85 bits per heavy atom. The summed E-state index contributed by atoms with van der Waals surface area (Å²) in [6.45, 7) is 10.4. The Morgan fingerprint density at radius 1 is 1.20 bits per heavy atom. The summed E-state index contributed by atoms with van der Waals surface area (Å²) in [4.78, 5) is 23.1. The lowest BCUT2D eigenvalue weighted by molar-refractivity contribution is -0.121. The molecule has 0 saturated heterocycles. The molecular formula is C17H27NO2. The van der Waals surface area contributed by atoms with Crippen LogP contribution in [0.1, 0.15) is 63.4 Å². The predicted octanol–water partition coefficient (Wildman–Crippen LogP) is 3.97. The van der Waals surface area contributed by atoms with E-state index in [9.17, 15) is 9.59 Å². The van der Waals surface area contributed by atoms with E-state index in [1.807, 2.05) is 58.9 Å². The van der Waals surface area contributed by atoms with E-state index in [1.165, 1.54) is 0 Å². The van der Waals surface area contributed by atoms with Gasteiger partial charge in [0.05, 0.1) is 0 Å². The molecule has 3 nitrogen and oxygen atoms in total. The molecule has 1 amide bonds. The number of ketones is 1. The molecular weight excluding hydrogens is 250 g/mol. The van der Waals surface area contributed by atoms with Crippen LogP contribution >= 0.6 is 0 Å². The zero-order valence-electron chi connectivity index (χ0n) is 13.3. The van der Waals surface area contributed by atoms with Crippen molar-refractivity contribution in [2.75, 3.05) is 0 Å². The van der Waals surface area contributed by atoms with E-state index in [0.717, 1.165) is 5.56 Å². The number of rotatable bonds is 6. The van der Waals surface area contributed by atoms with Crippen LogP contribution in [0.5, 0.6) is 0 Å². The van der Waals surface area contributed by atoms with Gasteiger partial charge in [-0.1, -0.05) is 52.8 Å². The van der Waals surface area contributed by atoms with Gasteiger partial charge in [-0.2, -0.15) is 0 Å². The molecule has 0 bridgehead atoms. The van der Waals surface area contributed by atoms with Gasteiger partial charge in [-0.25, -0.2) is 0 Å². The molecule has 0 unspecified atom stereocenters. The zero-order chi connectivity index (χ0) is 15.5. The Balaban J connectivity index is 0.00000172. The molecule has 3 heteroatoms. The fourth-order valence-corrected chi connectivity index (χ4v) is 1.70. The molecule has 1 rings (SSSR count). The summed E-state index contributed by atoms with van der Waals surface area (Å²) in [5, 5.41) is 2.86. The molecule has 0 heterocycles. The third-order valence-corrected chi connectivity index (χ3v) is 2.65. The van der Waals surface area contributed by atoms with Crippen LogP contribution in [0, 0.1) is 5.92 Å². The maximum atomic E-state index is 11.6. The van der Waals surface area contributed by atoms with Crippen molar-refractivity contribution in [1.29, 1.82) is 0 Å². The van der Waals surface area contributed by atoms with Crippen molar-refractivity contribution in [3.8, 4) is 0 Å². The van der Waals surface area contributed by atoms with Gasteiger partial charge >= 0.3 is 0 Å². The highest BCUT2D eigenvalue weighted by Gasteiger charge is 2.06. The van der Waals surface area contributed by atoms with Crippen molar-refractivity contribution in [1.82, 2.24) is 5.32 Å². The number of hydrogen-bond acceptors (Lipinski definition) is 2. The summed E-state index contributed by atoms with van der Waals surface area (Å²) in [5.74, 6) is 0.542. The van der Waals surface area contributed by atoms with Crippen molar-refractivity contribution in [3.63, 3.8) is 0 Å². The van der Waals surface area contributed by atoms with E-state index in [0.29, 0.717) is 30.9 Å². The van der Waals surface area contributed by atoms with Crippen LogP contribution < -0.4 is 5.32 Å². The lowest BCUT2D eigenvalue weighted by atomic mass is 10.1. The van der Waals surface area contributed by atoms with Crippen LogP contribution in [0.3, 0.4) is 0 Å². The lowest BCUT2D eigenvalue weighted by Crippen LogP contribution is -2.24. The van der Waals surface area contributed by atoms with Crippen LogP contribution in [0.25, 0.3) is 0 Å². The van der Waals surface area contributed by atoms with Crippen LogP contribution in [-0.2, 0) is 11.3 Å². The first-order valence-electron chi connectivity index (χ1n) is 7.41. The average Bonchev–Trinajstić information content (AvgIpc) is 2.46. The fourth-order valence-electron chi connectivity index (χ4n) is 1.70. The maximum Gasteiger partial charge on any atom is 0.220 e. The fraction of sp³-hybridized carbons (Fsp3) is 0.529. The first-order chi connectivity index (χ1) is 9.52. The number of carbonyl (C=O) groups excluding carboxylic acids is 2. The third-order valence-electron chi connectivity index (χ3n) is 2.65. The Hall–Kier alpha value is -1.64. The Labute approximate surface area is 122 Å². The molecule has 112 valence electrons. The molecule has 0 fully saturated rings. The SMILES string of the molecule is CC.CCC(=O)c1cccc(CNC(=O)CC(C)C)c1. The number of amides is 1. The first-order valence-corrected chi connectivity index (χ1v) is 7.41. The van der Waals surface area contributed by atoms with Gasteiger partial charge in [0.15, 0.2) is 5.78 Å². The number of carbonyl (C=O) groups is 2. The number of hydrogen-bond donors (Lipinski definition) is 1. The number of nitrogens with one attached hydrogen (secondary N) is 1. The molecule has 0 aliphatic carbocycles. The van der Waals surface area contributed by atoms with Crippen molar-refractivity contribution in [3.05, 3.63) is 35.4 Å². The van der Waals surface area contributed by atoms with Crippen molar-refractivity contribution in [2.24, 2.45) is 5.92 Å². The smallest absolute Gasteiger partial charge is 0.220 e. The van der Waals surface area contributed by atoms with Crippen LogP contribution in [0.4, 0.5) is 0 Å². The number of Topliss-reactive ketones (excluding diaryl/α,β-unsaturated/α-hetero) is 1. The van der Waals surface area contributed by atoms with Gasteiger partial charge in [0.2, 0.25) is 5.91 Å². The second-order valence-electron chi connectivity index (χ2n) is 4.85. The quantitative estimate of drug-likeness (QED) is 0.800. The topological polar surface area (TPSA) is 46.2 Å². The van der Waals surface area contributed by atoms with Crippen molar-refractivity contribution in [2.45, 2.75) is 54.0 Å². The minimum absolute atomic E-state index is 0.0530. The molecule has 1 N–H and O–H groups in total. The Bertz CT molecular complexity index is 425. The van der Waals surface area contributed by atoms with Gasteiger partial charge in [0.25, 0.3) is 0 Å². The highest BCUT2D eigenvalue weighted by atomic mass is 16.1. The number of benzene rings is 1. The summed E-state index contributed by atoms with van der Waals surface area (Å²) < 4.78 is 0. The predicted molar refractivity (Wildman–Crippen MR) is 83.7 cm³/mol. The molecule has 20 heavy (non-hydrogen) atoms. The molecule has 0 radical (unpaired) electrons. The van der Waals surface area contributed by atoms with Gasteiger partial charge in [0.1, 0.15) is 0 Å². The minimum atomic E-state index is 0.0530. The summed E-state index contributed by atoms with van der Waals surface area (Å²) in [5.41, 5.74) is 1.68. The van der Waals surface area contributed by atoms with Crippen LogP contribution in [0.2, 0.25) is 0 Å². The molecule has 0 spiro atoms. The van der Waals surface area contributed by atoms with Crippen molar-refractivity contribution < 1.29 is 9.59 Å².